The Hall–Kier alpha value is -2.30. The molecule has 0 saturated carbocycles. The fraction of sp³-hybridized carbons (Fsp3) is 0.444. The summed E-state index contributed by atoms with van der Waals surface area (Å²) in [6, 6.07) is 7.36. The van der Waals surface area contributed by atoms with E-state index in [4.69, 9.17) is 0 Å². The summed E-state index contributed by atoms with van der Waals surface area (Å²) in [4.78, 5) is 24.9. The van der Waals surface area contributed by atoms with Gasteiger partial charge in [-0.05, 0) is 51.0 Å². The molecule has 2 N–H and O–H groups in total. The first-order chi connectivity index (χ1) is 11.0. The topological polar surface area (TPSA) is 61.4 Å². The van der Waals surface area contributed by atoms with Gasteiger partial charge in [-0.15, -0.1) is 0 Å². The highest BCUT2D eigenvalue weighted by molar-refractivity contribution is 5.94. The third kappa shape index (κ3) is 6.55. The van der Waals surface area contributed by atoms with Gasteiger partial charge in [-0.3, -0.25) is 9.59 Å². The lowest BCUT2D eigenvalue weighted by Crippen LogP contribution is -2.40. The molecule has 5 heteroatoms. The van der Waals surface area contributed by atoms with Crippen molar-refractivity contribution < 1.29 is 9.59 Å². The quantitative estimate of drug-likeness (QED) is 0.543. The van der Waals surface area contributed by atoms with Crippen molar-refractivity contribution in [3.63, 3.8) is 0 Å². The number of hydrogen-bond acceptors (Lipinski definition) is 3. The number of anilines is 1. The van der Waals surface area contributed by atoms with E-state index in [1.54, 1.807) is 12.1 Å². The van der Waals surface area contributed by atoms with Crippen molar-refractivity contribution >= 4 is 18.0 Å². The second-order valence-electron chi connectivity index (χ2n) is 5.81. The molecule has 0 aliphatic rings. The third-order valence-electron chi connectivity index (χ3n) is 3.84. The van der Waals surface area contributed by atoms with E-state index in [1.807, 2.05) is 38.1 Å². The highest BCUT2D eigenvalue weighted by Gasteiger charge is 2.11. The van der Waals surface area contributed by atoms with Crippen LogP contribution in [0.1, 0.15) is 37.0 Å². The van der Waals surface area contributed by atoms with E-state index in [9.17, 15) is 9.59 Å². The lowest BCUT2D eigenvalue weighted by atomic mass is 10.1. The van der Waals surface area contributed by atoms with Crippen LogP contribution in [0.25, 0.3) is 0 Å². The molecule has 0 radical (unpaired) electrons. The monoisotopic (exact) mass is 317 g/mol. The van der Waals surface area contributed by atoms with Gasteiger partial charge in [-0.2, -0.15) is 0 Å². The van der Waals surface area contributed by atoms with Crippen LogP contribution in [0.3, 0.4) is 0 Å². The van der Waals surface area contributed by atoms with Crippen LogP contribution >= 0.6 is 0 Å². The van der Waals surface area contributed by atoms with Crippen LogP contribution in [0.2, 0.25) is 0 Å². The number of nitrogens with one attached hydrogen (secondary N) is 2. The van der Waals surface area contributed by atoms with Crippen molar-refractivity contribution in [2.45, 2.75) is 32.7 Å². The van der Waals surface area contributed by atoms with Crippen LogP contribution in [0.5, 0.6) is 0 Å². The predicted octanol–water partition coefficient (Wildman–Crippen LogP) is 2.34. The van der Waals surface area contributed by atoms with E-state index < -0.39 is 0 Å². The number of carbonyl (C=O) groups is 2. The number of carbonyl (C=O) groups excluding carboxylic acids is 2. The standard InChI is InChI=1S/C18H27N3O2/c1-5-14(2)6-9-16(20-13-22)12-19-18(23)15-7-10-17(11-8-15)21(3)4/h5,7-8,10-11,13,16H,6,9,12H2,1-4H3,(H,19,23)(H,20,22)/b14-5+/t16-/m0/s1. The average Bonchev–Trinajstić information content (AvgIpc) is 2.56. The number of allylic oxidation sites excluding steroid dienone is 2. The molecule has 0 saturated heterocycles. The molecular formula is C18H27N3O2. The summed E-state index contributed by atoms with van der Waals surface area (Å²) in [5, 5.41) is 5.64. The fourth-order valence-electron chi connectivity index (χ4n) is 2.12. The van der Waals surface area contributed by atoms with E-state index >= 15 is 0 Å². The van der Waals surface area contributed by atoms with Gasteiger partial charge >= 0.3 is 0 Å². The Bertz CT molecular complexity index is 536. The molecule has 0 bridgehead atoms. The molecule has 0 aliphatic heterocycles. The summed E-state index contributed by atoms with van der Waals surface area (Å²) < 4.78 is 0. The number of amides is 2. The van der Waals surface area contributed by atoms with Crippen molar-refractivity contribution in [1.82, 2.24) is 10.6 Å². The van der Waals surface area contributed by atoms with Gasteiger partial charge in [0.2, 0.25) is 6.41 Å². The molecule has 0 heterocycles. The maximum atomic E-state index is 12.2. The Morgan fingerprint density at radius 2 is 1.91 bits per heavy atom. The zero-order valence-corrected chi connectivity index (χ0v) is 14.4. The summed E-state index contributed by atoms with van der Waals surface area (Å²) in [7, 11) is 3.91. The van der Waals surface area contributed by atoms with Gasteiger partial charge in [0.1, 0.15) is 0 Å². The molecule has 126 valence electrons. The van der Waals surface area contributed by atoms with Crippen LogP contribution in [0.15, 0.2) is 35.9 Å². The highest BCUT2D eigenvalue weighted by atomic mass is 16.1. The van der Waals surface area contributed by atoms with Gasteiger partial charge in [-0.1, -0.05) is 11.6 Å². The molecule has 1 atom stereocenters. The summed E-state index contributed by atoms with van der Waals surface area (Å²) in [6.07, 6.45) is 4.45. The van der Waals surface area contributed by atoms with E-state index in [2.05, 4.69) is 23.6 Å². The van der Waals surface area contributed by atoms with Gasteiger partial charge < -0.3 is 15.5 Å². The minimum absolute atomic E-state index is 0.0626. The number of nitrogens with zero attached hydrogens (tertiary/aromatic N) is 1. The van der Waals surface area contributed by atoms with Crippen LogP contribution in [-0.2, 0) is 4.79 Å². The zero-order valence-electron chi connectivity index (χ0n) is 14.4. The van der Waals surface area contributed by atoms with Crippen molar-refractivity contribution in [3.05, 3.63) is 41.5 Å². The molecular weight excluding hydrogens is 290 g/mol. The van der Waals surface area contributed by atoms with Gasteiger partial charge in [-0.25, -0.2) is 0 Å². The molecule has 23 heavy (non-hydrogen) atoms. The lowest BCUT2D eigenvalue weighted by molar-refractivity contribution is -0.110. The van der Waals surface area contributed by atoms with Gasteiger partial charge in [0.25, 0.3) is 5.91 Å². The first-order valence-electron chi connectivity index (χ1n) is 7.85. The Labute approximate surface area is 138 Å². The second-order valence-corrected chi connectivity index (χ2v) is 5.81. The molecule has 1 aromatic carbocycles. The molecule has 0 aromatic heterocycles. The van der Waals surface area contributed by atoms with Crippen LogP contribution in [0.4, 0.5) is 5.69 Å². The van der Waals surface area contributed by atoms with Gasteiger partial charge in [0.05, 0.1) is 0 Å². The van der Waals surface area contributed by atoms with E-state index in [0.29, 0.717) is 18.5 Å². The van der Waals surface area contributed by atoms with Crippen molar-refractivity contribution in [2.75, 3.05) is 25.5 Å². The smallest absolute Gasteiger partial charge is 0.251 e. The summed E-state index contributed by atoms with van der Waals surface area (Å²) in [5.41, 5.74) is 2.93. The lowest BCUT2D eigenvalue weighted by Gasteiger charge is -2.17. The molecule has 0 unspecified atom stereocenters. The Kier molecular flexibility index (Phi) is 7.88. The van der Waals surface area contributed by atoms with Crippen LogP contribution in [0, 0.1) is 0 Å². The van der Waals surface area contributed by atoms with Crippen molar-refractivity contribution in [2.24, 2.45) is 0 Å². The molecule has 2 amide bonds. The van der Waals surface area contributed by atoms with Gasteiger partial charge in [0, 0.05) is 37.9 Å². The predicted molar refractivity (Wildman–Crippen MR) is 94.8 cm³/mol. The number of rotatable bonds is 9. The Morgan fingerprint density at radius 1 is 1.26 bits per heavy atom. The third-order valence-corrected chi connectivity index (χ3v) is 3.84. The van der Waals surface area contributed by atoms with E-state index in [0.717, 1.165) is 18.5 Å². The first kappa shape index (κ1) is 18.7. The molecule has 0 aliphatic carbocycles. The maximum absolute atomic E-state index is 12.2. The van der Waals surface area contributed by atoms with Crippen LogP contribution in [-0.4, -0.2) is 39.0 Å². The first-order valence-corrected chi connectivity index (χ1v) is 7.85. The Morgan fingerprint density at radius 3 is 2.43 bits per heavy atom. The minimum atomic E-state index is -0.129. The SMILES string of the molecule is C/C=C(\C)CC[C@@H](CNC(=O)c1ccc(N(C)C)cc1)NC=O. The highest BCUT2D eigenvalue weighted by Crippen LogP contribution is 2.12. The maximum Gasteiger partial charge on any atom is 0.251 e. The fourth-order valence-corrected chi connectivity index (χ4v) is 2.12. The van der Waals surface area contributed by atoms with Crippen molar-refractivity contribution in [1.29, 1.82) is 0 Å². The summed E-state index contributed by atoms with van der Waals surface area (Å²) in [5.74, 6) is -0.129. The Balaban J connectivity index is 2.55. The van der Waals surface area contributed by atoms with Gasteiger partial charge in [0.15, 0.2) is 0 Å². The molecule has 0 spiro atoms. The minimum Gasteiger partial charge on any atom is -0.378 e. The van der Waals surface area contributed by atoms with E-state index in [-0.39, 0.29) is 11.9 Å². The molecule has 1 rings (SSSR count). The van der Waals surface area contributed by atoms with Crippen LogP contribution < -0.4 is 15.5 Å². The molecule has 0 fully saturated rings. The number of hydrogen-bond donors (Lipinski definition) is 2. The summed E-state index contributed by atoms with van der Waals surface area (Å²) >= 11 is 0. The molecule has 1 aromatic rings. The average molecular weight is 317 g/mol. The molecule has 5 nitrogen and oxygen atoms in total. The summed E-state index contributed by atoms with van der Waals surface area (Å²) in [6.45, 7) is 4.48. The zero-order chi connectivity index (χ0) is 17.2. The normalized spacial score (nSPS) is 12.4. The van der Waals surface area contributed by atoms with E-state index in [1.165, 1.54) is 5.57 Å². The van der Waals surface area contributed by atoms with Crippen molar-refractivity contribution in [3.8, 4) is 0 Å². The largest absolute Gasteiger partial charge is 0.378 e. The number of benzene rings is 1. The second kappa shape index (κ2) is 9.66.